The number of nitrogens with zero attached hydrogens (tertiary/aromatic N) is 6. The summed E-state index contributed by atoms with van der Waals surface area (Å²) in [4.78, 5) is 60.3. The van der Waals surface area contributed by atoms with Crippen molar-refractivity contribution in [3.05, 3.63) is 128 Å². The maximum atomic E-state index is 14.8. The van der Waals surface area contributed by atoms with E-state index in [0.29, 0.717) is 26.2 Å². The van der Waals surface area contributed by atoms with Gasteiger partial charge in [0.15, 0.2) is 5.78 Å². The van der Waals surface area contributed by atoms with Crippen LogP contribution in [-0.2, 0) is 17.8 Å². The molecule has 2 N–H and O–H groups in total. The average Bonchev–Trinajstić information content (AvgIpc) is 3.95. The zero-order valence-corrected chi connectivity index (χ0v) is 36.5. The molecule has 4 aromatic carbocycles. The first-order valence-electron chi connectivity index (χ1n) is 19.7. The lowest BCUT2D eigenvalue weighted by atomic mass is 10.1. The number of methoxy groups -OCH3 is 1. The molecule has 2 heterocycles. The molecule has 0 spiro atoms. The third kappa shape index (κ3) is 11.6. The van der Waals surface area contributed by atoms with Gasteiger partial charge in [0.25, 0.3) is 0 Å². The molecule has 0 aliphatic carbocycles. The Morgan fingerprint density at radius 1 is 0.661 bits per heavy atom. The molecule has 62 heavy (non-hydrogen) atoms. The number of likely N-dealkylation sites (N-methyl/N-ethyl adjacent to an activating group) is 2. The summed E-state index contributed by atoms with van der Waals surface area (Å²) in [6.07, 6.45) is 1.62. The number of halogens is 6. The number of rotatable bonds is 11. The minimum atomic E-state index is -0.661. The number of hydrogen-bond acceptors (Lipinski definition) is 8. The molecule has 12 nitrogen and oxygen atoms in total. The number of ketones is 1. The average molecular weight is 903 g/mol. The van der Waals surface area contributed by atoms with Crippen molar-refractivity contribution >= 4 is 58.4 Å². The van der Waals surface area contributed by atoms with Crippen LogP contribution in [0.3, 0.4) is 0 Å². The first-order valence-corrected chi connectivity index (χ1v) is 20.4. The molecule has 2 fully saturated rings. The molecular formula is C44H49Cl2F4N7O5. The van der Waals surface area contributed by atoms with E-state index in [1.54, 1.807) is 9.80 Å². The molecular weight excluding hydrogens is 853 g/mol. The van der Waals surface area contributed by atoms with Crippen molar-refractivity contribution in [2.45, 2.75) is 38.0 Å². The molecule has 2 saturated heterocycles. The molecule has 2 atom stereocenters. The summed E-state index contributed by atoms with van der Waals surface area (Å²) in [6.45, 7) is 1.64. The lowest BCUT2D eigenvalue weighted by Gasteiger charge is -2.29. The third-order valence-corrected chi connectivity index (χ3v) is 11.5. The number of hydrogen-bond donors (Lipinski definition) is 1. The van der Waals surface area contributed by atoms with Crippen molar-refractivity contribution in [3.8, 4) is 0 Å². The van der Waals surface area contributed by atoms with E-state index in [4.69, 9.17) is 28.9 Å². The maximum Gasteiger partial charge on any atom is 0.337 e. The van der Waals surface area contributed by atoms with E-state index < -0.39 is 29.2 Å². The number of carbonyl (C=O) groups is 4. The predicted octanol–water partition coefficient (Wildman–Crippen LogP) is 7.69. The molecule has 0 saturated carbocycles. The van der Waals surface area contributed by atoms with Crippen molar-refractivity contribution in [2.75, 3.05) is 77.8 Å². The summed E-state index contributed by atoms with van der Waals surface area (Å²) in [7, 11) is 9.01. The Labute approximate surface area is 368 Å². The lowest BCUT2D eigenvalue weighted by molar-refractivity contribution is 0.0600. The van der Waals surface area contributed by atoms with Gasteiger partial charge in [-0.05, 0) is 95.6 Å². The molecule has 332 valence electrons. The van der Waals surface area contributed by atoms with E-state index in [1.807, 2.05) is 33.1 Å². The Balaban J connectivity index is 0.000000234. The lowest BCUT2D eigenvalue weighted by Crippen LogP contribution is -2.43. The van der Waals surface area contributed by atoms with Crippen LogP contribution in [0.2, 0.25) is 10.0 Å². The smallest absolute Gasteiger partial charge is 0.337 e. The first kappa shape index (κ1) is 47.8. The van der Waals surface area contributed by atoms with Crippen LogP contribution >= 0.6 is 23.2 Å². The van der Waals surface area contributed by atoms with Crippen molar-refractivity contribution in [2.24, 2.45) is 5.73 Å². The summed E-state index contributed by atoms with van der Waals surface area (Å²) in [5.74, 6) is -3.41. The van der Waals surface area contributed by atoms with Crippen LogP contribution in [-0.4, -0.2) is 124 Å². The zero-order valence-electron chi connectivity index (χ0n) is 35.0. The highest BCUT2D eigenvalue weighted by Crippen LogP contribution is 2.32. The number of urea groups is 2. The standard InChI is InChI=1S/C22H25ClF2N4O2.C22H24ClF2N3O3/c1-27(2)17-7-8-28(13-17)22(31)29(20-6-5-16(24)10-18(20)23)12-15-4-3-14(9-19(15)25)21(30)11-26;1-26(2)17-8-9-27(13-17)22(30)28(20-7-6-16(24)11-18(20)23)12-15-5-4-14(10-19(15)25)21(29)31-3/h3-6,9-10,17H,7-8,11-13,26H2,1-2H3;4-7,10-11,17H,8-9,12-13H2,1-3H3/t2*17-/m11/s1. The molecule has 4 aromatic rings. The van der Waals surface area contributed by atoms with Gasteiger partial charge in [-0.25, -0.2) is 31.9 Å². The number of anilines is 2. The van der Waals surface area contributed by atoms with Gasteiger partial charge in [0.2, 0.25) is 0 Å². The van der Waals surface area contributed by atoms with Crippen LogP contribution in [0.15, 0.2) is 72.8 Å². The largest absolute Gasteiger partial charge is 0.465 e. The van der Waals surface area contributed by atoms with E-state index in [9.17, 15) is 36.7 Å². The fraction of sp³-hybridized carbons (Fsp3) is 0.364. The normalized spacial score (nSPS) is 16.0. The van der Waals surface area contributed by atoms with Crippen molar-refractivity contribution in [1.29, 1.82) is 0 Å². The summed E-state index contributed by atoms with van der Waals surface area (Å²) in [5.41, 5.74) is 6.51. The maximum absolute atomic E-state index is 14.8. The number of benzene rings is 4. The molecule has 2 aliphatic rings. The van der Waals surface area contributed by atoms with Crippen LogP contribution < -0.4 is 15.5 Å². The van der Waals surface area contributed by atoms with Crippen molar-refractivity contribution in [3.63, 3.8) is 0 Å². The van der Waals surface area contributed by atoms with Gasteiger partial charge in [-0.1, -0.05) is 41.4 Å². The highest BCUT2D eigenvalue weighted by atomic mass is 35.5. The Hall–Kier alpha value is -5.26. The summed E-state index contributed by atoms with van der Waals surface area (Å²) >= 11 is 12.5. The molecule has 0 bridgehead atoms. The van der Waals surface area contributed by atoms with Gasteiger partial charge in [0, 0.05) is 55.0 Å². The predicted molar refractivity (Wildman–Crippen MR) is 231 cm³/mol. The minimum Gasteiger partial charge on any atom is -0.465 e. The highest BCUT2D eigenvalue weighted by Gasteiger charge is 2.34. The number of ether oxygens (including phenoxy) is 1. The van der Waals surface area contributed by atoms with E-state index in [0.717, 1.165) is 37.1 Å². The number of likely N-dealkylation sites (tertiary alicyclic amines) is 2. The molecule has 0 radical (unpaired) electrons. The molecule has 2 aliphatic heterocycles. The van der Waals surface area contributed by atoms with Crippen LogP contribution in [0, 0.1) is 23.3 Å². The molecule has 0 unspecified atom stereocenters. The van der Waals surface area contributed by atoms with Gasteiger partial charge in [-0.15, -0.1) is 0 Å². The summed E-state index contributed by atoms with van der Waals surface area (Å²) in [5, 5.41) is 0.0929. The first-order chi connectivity index (χ1) is 29.4. The van der Waals surface area contributed by atoms with Gasteiger partial charge in [-0.3, -0.25) is 14.6 Å². The highest BCUT2D eigenvalue weighted by molar-refractivity contribution is 6.34. The van der Waals surface area contributed by atoms with Gasteiger partial charge >= 0.3 is 18.0 Å². The Morgan fingerprint density at radius 2 is 1.08 bits per heavy atom. The second-order valence-corrected chi connectivity index (χ2v) is 16.2. The van der Waals surface area contributed by atoms with Crippen molar-refractivity contribution in [1.82, 2.24) is 19.6 Å². The van der Waals surface area contributed by atoms with Crippen LogP contribution in [0.4, 0.5) is 38.5 Å². The van der Waals surface area contributed by atoms with E-state index in [2.05, 4.69) is 9.64 Å². The molecule has 0 aromatic heterocycles. The Kier molecular flexibility index (Phi) is 16.3. The summed E-state index contributed by atoms with van der Waals surface area (Å²) < 4.78 is 61.3. The van der Waals surface area contributed by atoms with E-state index in [1.165, 1.54) is 65.4 Å². The van der Waals surface area contributed by atoms with Crippen molar-refractivity contribution < 1.29 is 41.5 Å². The third-order valence-electron chi connectivity index (χ3n) is 10.9. The molecule has 6 rings (SSSR count). The van der Waals surface area contributed by atoms with Crippen LogP contribution in [0.5, 0.6) is 0 Å². The number of amides is 4. The van der Waals surface area contributed by atoms with E-state index in [-0.39, 0.29) is 93.2 Å². The van der Waals surface area contributed by atoms with Gasteiger partial charge in [-0.2, -0.15) is 0 Å². The van der Waals surface area contributed by atoms with Crippen LogP contribution in [0.25, 0.3) is 0 Å². The topological polar surface area (TPSA) is 123 Å². The number of Topliss-reactive ketones (excluding diaryl/α,β-unsaturated/α-hetero) is 1. The number of nitrogens with two attached hydrogens (primary N) is 1. The fourth-order valence-corrected chi connectivity index (χ4v) is 7.69. The number of carbonyl (C=O) groups excluding carboxylic acids is 4. The van der Waals surface area contributed by atoms with Gasteiger partial charge < -0.3 is 30.1 Å². The second kappa shape index (κ2) is 21.2. The van der Waals surface area contributed by atoms with E-state index >= 15 is 0 Å². The van der Waals surface area contributed by atoms with Gasteiger partial charge in [0.1, 0.15) is 23.3 Å². The Bertz CT molecular complexity index is 2130. The monoisotopic (exact) mass is 901 g/mol. The van der Waals surface area contributed by atoms with Crippen LogP contribution in [0.1, 0.15) is 44.7 Å². The SMILES string of the molecule is CN(C)[C@@H]1CCN(C(=O)N(Cc2ccc(C(=O)CN)cc2F)c2ccc(F)cc2Cl)C1.COC(=O)c1ccc(CN(C(=O)N2CC[C@@H](N(C)C)C2)c2ccc(F)cc2Cl)c(F)c1. The zero-order chi connectivity index (χ0) is 45.4. The fourth-order valence-electron chi connectivity index (χ4n) is 7.16. The second-order valence-electron chi connectivity index (χ2n) is 15.4. The Morgan fingerprint density at radius 3 is 1.44 bits per heavy atom. The summed E-state index contributed by atoms with van der Waals surface area (Å²) in [6, 6.07) is 15.1. The number of esters is 1. The minimum absolute atomic E-state index is 0.0447. The molecule has 4 amide bonds. The quantitative estimate of drug-likeness (QED) is 0.0925. The van der Waals surface area contributed by atoms with Gasteiger partial charge in [0.05, 0.1) is 53.7 Å². The molecule has 18 heteroatoms.